The van der Waals surface area contributed by atoms with Gasteiger partial charge in [0.2, 0.25) is 5.91 Å². The maximum absolute atomic E-state index is 12.8. The number of amides is 2. The van der Waals surface area contributed by atoms with Crippen molar-refractivity contribution in [3.63, 3.8) is 0 Å². The average molecular weight is 386 g/mol. The van der Waals surface area contributed by atoms with Crippen molar-refractivity contribution in [3.8, 4) is 5.75 Å². The molecule has 0 aromatic heterocycles. The molecule has 5 heteroatoms. The Hall–Kier alpha value is -3.60. The van der Waals surface area contributed by atoms with Crippen LogP contribution in [0.15, 0.2) is 78.9 Å². The number of carbonyl (C=O) groups excluding carboxylic acids is 2. The van der Waals surface area contributed by atoms with E-state index in [0.29, 0.717) is 23.5 Å². The zero-order valence-electron chi connectivity index (χ0n) is 16.1. The number of anilines is 2. The molecule has 2 amide bonds. The first kappa shape index (κ1) is 18.7. The number of rotatable bonds is 5. The molecule has 0 spiro atoms. The first-order valence-electron chi connectivity index (χ1n) is 9.61. The molecule has 3 aromatic carbocycles. The Morgan fingerprint density at radius 3 is 2.24 bits per heavy atom. The second kappa shape index (κ2) is 8.19. The van der Waals surface area contributed by atoms with Crippen molar-refractivity contribution in [2.24, 2.45) is 0 Å². The minimum absolute atomic E-state index is 0.0427. The maximum atomic E-state index is 12.8. The first-order chi connectivity index (χ1) is 14.1. The summed E-state index contributed by atoms with van der Waals surface area (Å²) >= 11 is 0. The molecule has 0 fully saturated rings. The number of benzene rings is 3. The largest absolute Gasteiger partial charge is 0.479 e. The van der Waals surface area contributed by atoms with E-state index in [9.17, 15) is 9.59 Å². The van der Waals surface area contributed by atoms with Gasteiger partial charge >= 0.3 is 0 Å². The lowest BCUT2D eigenvalue weighted by Crippen LogP contribution is -2.34. The summed E-state index contributed by atoms with van der Waals surface area (Å²) in [4.78, 5) is 24.7. The quantitative estimate of drug-likeness (QED) is 0.675. The van der Waals surface area contributed by atoms with E-state index in [-0.39, 0.29) is 17.7 Å². The zero-order valence-corrected chi connectivity index (χ0v) is 16.1. The Balaban J connectivity index is 1.52. The lowest BCUT2D eigenvalue weighted by Gasteiger charge is -2.24. The summed E-state index contributed by atoms with van der Waals surface area (Å²) < 4.78 is 5.56. The minimum atomic E-state index is -0.527. The summed E-state index contributed by atoms with van der Waals surface area (Å²) in [5.74, 6) is 0.258. The number of hydrogen-bond donors (Lipinski definition) is 2. The van der Waals surface area contributed by atoms with E-state index in [4.69, 9.17) is 4.74 Å². The molecule has 0 unspecified atom stereocenters. The van der Waals surface area contributed by atoms with Crippen molar-refractivity contribution in [3.05, 3.63) is 90.0 Å². The molecule has 0 saturated heterocycles. The van der Waals surface area contributed by atoms with Crippen LogP contribution in [0.5, 0.6) is 5.75 Å². The number of fused-ring (bicyclic) bond motifs is 1. The van der Waals surface area contributed by atoms with Crippen LogP contribution in [0, 0.1) is 0 Å². The van der Waals surface area contributed by atoms with Crippen molar-refractivity contribution < 1.29 is 14.3 Å². The Labute approximate surface area is 169 Å². The molecule has 0 saturated carbocycles. The van der Waals surface area contributed by atoms with Gasteiger partial charge < -0.3 is 15.4 Å². The summed E-state index contributed by atoms with van der Waals surface area (Å²) in [6.07, 6.45) is -0.217. The molecule has 1 atom stereocenters. The predicted molar refractivity (Wildman–Crippen MR) is 113 cm³/mol. The molecule has 0 aliphatic carbocycles. The van der Waals surface area contributed by atoms with E-state index in [1.807, 2.05) is 60.7 Å². The molecule has 1 aliphatic heterocycles. The Morgan fingerprint density at radius 2 is 1.62 bits per heavy atom. The summed E-state index contributed by atoms with van der Waals surface area (Å²) in [5.41, 5.74) is 3.36. The highest BCUT2D eigenvalue weighted by atomic mass is 16.5. The summed E-state index contributed by atoms with van der Waals surface area (Å²) in [6, 6.07) is 25.3. The van der Waals surface area contributed by atoms with E-state index in [1.54, 1.807) is 25.1 Å². The lowest BCUT2D eigenvalue weighted by molar-refractivity contribution is -0.122. The third-order valence-electron chi connectivity index (χ3n) is 4.99. The van der Waals surface area contributed by atoms with Crippen LogP contribution in [-0.4, -0.2) is 17.9 Å². The highest BCUT2D eigenvalue weighted by molar-refractivity contribution is 5.99. The molecular weight excluding hydrogens is 364 g/mol. The fraction of sp³-hybridized carbons (Fsp3) is 0.167. The van der Waals surface area contributed by atoms with Crippen molar-refractivity contribution >= 4 is 23.2 Å². The number of carbonyl (C=O) groups is 2. The van der Waals surface area contributed by atoms with Crippen LogP contribution >= 0.6 is 0 Å². The van der Waals surface area contributed by atoms with Gasteiger partial charge in [0.25, 0.3) is 5.91 Å². The normalized spacial score (nSPS) is 15.2. The van der Waals surface area contributed by atoms with Gasteiger partial charge in [-0.2, -0.15) is 0 Å². The van der Waals surface area contributed by atoms with Crippen LogP contribution in [0.2, 0.25) is 0 Å². The van der Waals surface area contributed by atoms with Crippen LogP contribution in [0.1, 0.15) is 30.4 Å². The molecule has 4 rings (SSSR count). The van der Waals surface area contributed by atoms with Crippen LogP contribution < -0.4 is 15.4 Å². The van der Waals surface area contributed by atoms with Crippen LogP contribution in [0.3, 0.4) is 0 Å². The van der Waals surface area contributed by atoms with Gasteiger partial charge in [0.05, 0.1) is 5.69 Å². The van der Waals surface area contributed by atoms with Gasteiger partial charge in [-0.3, -0.25) is 9.59 Å². The predicted octanol–water partition coefficient (Wildman–Crippen LogP) is 4.57. The summed E-state index contributed by atoms with van der Waals surface area (Å²) in [5, 5.41) is 5.74. The molecule has 0 bridgehead atoms. The molecule has 5 nitrogen and oxygen atoms in total. The molecule has 1 heterocycles. The topological polar surface area (TPSA) is 67.4 Å². The van der Waals surface area contributed by atoms with Crippen molar-refractivity contribution in [2.75, 3.05) is 10.6 Å². The van der Waals surface area contributed by atoms with E-state index in [0.717, 1.165) is 11.1 Å². The fourth-order valence-corrected chi connectivity index (χ4v) is 3.48. The number of ether oxygens (including phenoxy) is 1. The molecule has 1 aliphatic rings. The maximum Gasteiger partial charge on any atom is 0.265 e. The van der Waals surface area contributed by atoms with E-state index in [1.165, 1.54) is 0 Å². The molecule has 3 aromatic rings. The molecular formula is C24H22N2O3. The number of hydrogen-bond acceptors (Lipinski definition) is 3. The van der Waals surface area contributed by atoms with Gasteiger partial charge in [0, 0.05) is 18.0 Å². The lowest BCUT2D eigenvalue weighted by atomic mass is 9.88. The SMILES string of the molecule is C[C@@H]1Oc2ccc(NC(=O)CC(c3ccccc3)c3ccccc3)cc2NC1=O. The fourth-order valence-electron chi connectivity index (χ4n) is 3.48. The standard InChI is InChI=1S/C24H22N2O3/c1-16-24(28)26-21-14-19(12-13-22(21)29-16)25-23(27)15-20(17-8-4-2-5-9-17)18-10-6-3-7-11-18/h2-14,16,20H,15H2,1H3,(H,25,27)(H,26,28)/t16-/m0/s1. The van der Waals surface area contributed by atoms with Gasteiger partial charge in [-0.1, -0.05) is 60.7 Å². The van der Waals surface area contributed by atoms with Crippen LogP contribution in [0.25, 0.3) is 0 Å². The molecule has 29 heavy (non-hydrogen) atoms. The summed E-state index contributed by atoms with van der Waals surface area (Å²) in [7, 11) is 0. The minimum Gasteiger partial charge on any atom is -0.479 e. The van der Waals surface area contributed by atoms with Gasteiger partial charge in [-0.25, -0.2) is 0 Å². The van der Waals surface area contributed by atoms with Crippen molar-refractivity contribution in [2.45, 2.75) is 25.4 Å². The van der Waals surface area contributed by atoms with E-state index >= 15 is 0 Å². The Kier molecular flexibility index (Phi) is 5.29. The monoisotopic (exact) mass is 386 g/mol. The number of nitrogens with one attached hydrogen (secondary N) is 2. The smallest absolute Gasteiger partial charge is 0.265 e. The van der Waals surface area contributed by atoms with E-state index in [2.05, 4.69) is 10.6 Å². The van der Waals surface area contributed by atoms with E-state index < -0.39 is 6.10 Å². The van der Waals surface area contributed by atoms with Gasteiger partial charge in [-0.05, 0) is 36.2 Å². The first-order valence-corrected chi connectivity index (χ1v) is 9.61. The average Bonchev–Trinajstić information content (AvgIpc) is 2.74. The van der Waals surface area contributed by atoms with Gasteiger partial charge in [0.15, 0.2) is 6.10 Å². The summed E-state index contributed by atoms with van der Waals surface area (Å²) in [6.45, 7) is 1.70. The highest BCUT2D eigenvalue weighted by Gasteiger charge is 2.24. The van der Waals surface area contributed by atoms with Crippen LogP contribution in [-0.2, 0) is 9.59 Å². The highest BCUT2D eigenvalue weighted by Crippen LogP contribution is 2.33. The Morgan fingerprint density at radius 1 is 1.00 bits per heavy atom. The second-order valence-corrected chi connectivity index (χ2v) is 7.09. The van der Waals surface area contributed by atoms with Crippen LogP contribution in [0.4, 0.5) is 11.4 Å². The third-order valence-corrected chi connectivity index (χ3v) is 4.99. The molecule has 146 valence electrons. The van der Waals surface area contributed by atoms with Crippen molar-refractivity contribution in [1.82, 2.24) is 0 Å². The van der Waals surface area contributed by atoms with Gasteiger partial charge in [0.1, 0.15) is 5.75 Å². The molecule has 2 N–H and O–H groups in total. The van der Waals surface area contributed by atoms with Gasteiger partial charge in [-0.15, -0.1) is 0 Å². The zero-order chi connectivity index (χ0) is 20.2. The van der Waals surface area contributed by atoms with Crippen molar-refractivity contribution in [1.29, 1.82) is 0 Å². The Bertz CT molecular complexity index is 979. The second-order valence-electron chi connectivity index (χ2n) is 7.09. The third kappa shape index (κ3) is 4.29. The molecule has 0 radical (unpaired) electrons.